The monoisotopic (exact) mass is 332 g/mol. The maximum atomic E-state index is 11.0. The molecule has 4 N–H and O–H groups in total. The second-order valence-corrected chi connectivity index (χ2v) is 8.46. The van der Waals surface area contributed by atoms with Gasteiger partial charge in [0.1, 0.15) is 5.75 Å². The van der Waals surface area contributed by atoms with E-state index in [-0.39, 0.29) is 17.8 Å². The molecule has 4 rings (SSSR count). The van der Waals surface area contributed by atoms with Gasteiger partial charge in [0, 0.05) is 17.3 Å². The van der Waals surface area contributed by atoms with E-state index in [2.05, 4.69) is 0 Å². The summed E-state index contributed by atoms with van der Waals surface area (Å²) in [6, 6.07) is 5.59. The van der Waals surface area contributed by atoms with Crippen molar-refractivity contribution in [3.05, 3.63) is 29.3 Å². The molecule has 0 aliphatic heterocycles. The number of phenols is 1. The van der Waals surface area contributed by atoms with Gasteiger partial charge in [0.2, 0.25) is 0 Å². The van der Waals surface area contributed by atoms with Gasteiger partial charge in [-0.2, -0.15) is 0 Å². The number of hydrogen-bond donors (Lipinski definition) is 4. The predicted octanol–water partition coefficient (Wildman–Crippen LogP) is 2.54. The number of aromatic hydroxyl groups is 1. The van der Waals surface area contributed by atoms with Gasteiger partial charge in [-0.3, -0.25) is 0 Å². The molecule has 1 aromatic carbocycles. The van der Waals surface area contributed by atoms with E-state index in [1.807, 2.05) is 26.0 Å². The summed E-state index contributed by atoms with van der Waals surface area (Å²) in [6.45, 7) is 3.97. The maximum Gasteiger partial charge on any atom is 0.171 e. The van der Waals surface area contributed by atoms with Crippen molar-refractivity contribution in [1.82, 2.24) is 0 Å². The van der Waals surface area contributed by atoms with Crippen molar-refractivity contribution in [3.8, 4) is 5.75 Å². The summed E-state index contributed by atoms with van der Waals surface area (Å²) >= 11 is 0. The molecule has 0 heterocycles. The molecular formula is C20H28O4. The highest BCUT2D eigenvalue weighted by Gasteiger charge is 2.68. The van der Waals surface area contributed by atoms with Crippen LogP contribution in [0.4, 0.5) is 0 Å². The normalized spacial score (nSPS) is 43.0. The minimum Gasteiger partial charge on any atom is -0.508 e. The van der Waals surface area contributed by atoms with E-state index < -0.39 is 23.2 Å². The van der Waals surface area contributed by atoms with Crippen molar-refractivity contribution in [1.29, 1.82) is 0 Å². The van der Waals surface area contributed by atoms with Crippen molar-refractivity contribution < 1.29 is 20.4 Å². The molecule has 3 aliphatic carbocycles. The zero-order valence-corrected chi connectivity index (χ0v) is 14.4. The number of benzene rings is 1. The van der Waals surface area contributed by atoms with E-state index in [4.69, 9.17) is 0 Å². The lowest BCUT2D eigenvalue weighted by Crippen LogP contribution is -2.51. The van der Waals surface area contributed by atoms with Crippen LogP contribution < -0.4 is 0 Å². The average molecular weight is 332 g/mol. The first-order valence-corrected chi connectivity index (χ1v) is 9.25. The van der Waals surface area contributed by atoms with Crippen LogP contribution in [0.5, 0.6) is 5.75 Å². The highest BCUT2D eigenvalue weighted by Crippen LogP contribution is 2.65. The molecule has 0 radical (unpaired) electrons. The van der Waals surface area contributed by atoms with Crippen molar-refractivity contribution in [2.45, 2.75) is 63.8 Å². The summed E-state index contributed by atoms with van der Waals surface area (Å²) in [5.74, 6) is -1.83. The Labute approximate surface area is 143 Å². The van der Waals surface area contributed by atoms with Gasteiger partial charge < -0.3 is 20.4 Å². The van der Waals surface area contributed by atoms with Crippen LogP contribution in [-0.4, -0.2) is 32.3 Å². The molecule has 2 unspecified atom stereocenters. The van der Waals surface area contributed by atoms with Crippen molar-refractivity contribution in [2.24, 2.45) is 23.2 Å². The largest absolute Gasteiger partial charge is 0.508 e. The highest BCUT2D eigenvalue weighted by molar-refractivity contribution is 5.40. The zero-order chi connectivity index (χ0) is 17.3. The second-order valence-electron chi connectivity index (χ2n) is 8.46. The van der Waals surface area contributed by atoms with Gasteiger partial charge in [-0.25, -0.2) is 0 Å². The summed E-state index contributed by atoms with van der Waals surface area (Å²) in [4.78, 5) is 0. The van der Waals surface area contributed by atoms with E-state index in [0.717, 1.165) is 25.7 Å². The van der Waals surface area contributed by atoms with Crippen LogP contribution >= 0.6 is 0 Å². The highest BCUT2D eigenvalue weighted by atomic mass is 16.5. The van der Waals surface area contributed by atoms with Crippen molar-refractivity contribution in [2.75, 3.05) is 0 Å². The van der Waals surface area contributed by atoms with Gasteiger partial charge in [-0.05, 0) is 67.2 Å². The number of aliphatic hydroxyl groups excluding tert-OH is 1. The summed E-state index contributed by atoms with van der Waals surface area (Å²) < 4.78 is 0. The number of hydrogen-bond acceptors (Lipinski definition) is 4. The van der Waals surface area contributed by atoms with Crippen LogP contribution in [0.2, 0.25) is 0 Å². The molecule has 24 heavy (non-hydrogen) atoms. The Hall–Kier alpha value is -1.10. The molecule has 0 aromatic heterocycles. The number of phenolic OH excluding ortho intramolecular Hbond substituents is 1. The molecular weight excluding hydrogens is 304 g/mol. The van der Waals surface area contributed by atoms with Gasteiger partial charge in [0.15, 0.2) is 5.79 Å². The zero-order valence-electron chi connectivity index (χ0n) is 14.4. The molecule has 2 fully saturated rings. The standard InChI is InChI=1S/C20H28O4/c1-3-16-18(22)19(2)9-8-14-13-7-5-12(21)10-11(13)4-6-15(14)17(19)20(16,23)24/h5,7,10,14-18,21-24H,3-4,6,8-9H2,1-2H3/t14-,15-,16?,17+,18?,19+/m1/s1. The molecule has 1 aromatic rings. The number of aryl methyl sites for hydroxylation is 1. The molecule has 6 atom stereocenters. The van der Waals surface area contributed by atoms with Crippen molar-refractivity contribution >= 4 is 0 Å². The van der Waals surface area contributed by atoms with E-state index >= 15 is 0 Å². The number of aliphatic hydroxyl groups is 3. The van der Waals surface area contributed by atoms with Crippen molar-refractivity contribution in [3.63, 3.8) is 0 Å². The molecule has 132 valence electrons. The topological polar surface area (TPSA) is 80.9 Å². The summed E-state index contributed by atoms with van der Waals surface area (Å²) in [5, 5.41) is 42.5. The third-order valence-corrected chi connectivity index (χ3v) is 7.42. The minimum absolute atomic E-state index is 0.169. The molecule has 3 aliphatic rings. The van der Waals surface area contributed by atoms with E-state index in [1.54, 1.807) is 6.07 Å². The Morgan fingerprint density at radius 2 is 1.96 bits per heavy atom. The van der Waals surface area contributed by atoms with E-state index in [9.17, 15) is 20.4 Å². The molecule has 4 nitrogen and oxygen atoms in total. The molecule has 0 bridgehead atoms. The van der Waals surface area contributed by atoms with Crippen LogP contribution in [0.3, 0.4) is 0 Å². The van der Waals surface area contributed by atoms with Gasteiger partial charge in [-0.15, -0.1) is 0 Å². The Morgan fingerprint density at radius 1 is 1.21 bits per heavy atom. The molecule has 0 saturated heterocycles. The predicted molar refractivity (Wildman–Crippen MR) is 90.4 cm³/mol. The van der Waals surface area contributed by atoms with E-state index in [0.29, 0.717) is 12.2 Å². The van der Waals surface area contributed by atoms with Crippen LogP contribution in [-0.2, 0) is 6.42 Å². The van der Waals surface area contributed by atoms with Crippen LogP contribution in [0.25, 0.3) is 0 Å². The molecule has 0 amide bonds. The summed E-state index contributed by atoms with van der Waals surface area (Å²) in [7, 11) is 0. The first-order valence-electron chi connectivity index (χ1n) is 9.25. The average Bonchev–Trinajstić information content (AvgIpc) is 2.69. The Balaban J connectivity index is 1.77. The van der Waals surface area contributed by atoms with Gasteiger partial charge >= 0.3 is 0 Å². The summed E-state index contributed by atoms with van der Waals surface area (Å²) in [5.41, 5.74) is 2.00. The number of fused-ring (bicyclic) bond motifs is 5. The fourth-order valence-corrected chi connectivity index (χ4v) is 6.38. The van der Waals surface area contributed by atoms with Crippen LogP contribution in [0.15, 0.2) is 18.2 Å². The number of rotatable bonds is 1. The third kappa shape index (κ3) is 1.97. The minimum atomic E-state index is -1.80. The first-order chi connectivity index (χ1) is 11.3. The van der Waals surface area contributed by atoms with Crippen LogP contribution in [0, 0.1) is 23.2 Å². The van der Waals surface area contributed by atoms with Gasteiger partial charge in [0.05, 0.1) is 6.10 Å². The Bertz CT molecular complexity index is 655. The molecule has 2 saturated carbocycles. The quantitative estimate of drug-likeness (QED) is 0.596. The lowest BCUT2D eigenvalue weighted by Gasteiger charge is -2.51. The van der Waals surface area contributed by atoms with Crippen LogP contribution in [0.1, 0.15) is 56.6 Å². The lowest BCUT2D eigenvalue weighted by atomic mass is 9.54. The first kappa shape index (κ1) is 16.4. The summed E-state index contributed by atoms with van der Waals surface area (Å²) in [6.07, 6.45) is 3.40. The van der Waals surface area contributed by atoms with Gasteiger partial charge in [-0.1, -0.05) is 19.9 Å². The molecule has 4 heteroatoms. The third-order valence-electron chi connectivity index (χ3n) is 7.42. The Morgan fingerprint density at radius 3 is 2.67 bits per heavy atom. The van der Waals surface area contributed by atoms with E-state index in [1.165, 1.54) is 11.1 Å². The fraction of sp³-hybridized carbons (Fsp3) is 0.700. The second kappa shape index (κ2) is 5.20. The molecule has 0 spiro atoms. The Kier molecular flexibility index (Phi) is 3.55. The lowest BCUT2D eigenvalue weighted by molar-refractivity contribution is -0.243. The maximum absolute atomic E-state index is 11.0. The fourth-order valence-electron chi connectivity index (χ4n) is 6.38. The van der Waals surface area contributed by atoms with Gasteiger partial charge in [0.25, 0.3) is 0 Å². The SMILES string of the molecule is CCC1C(O)[C@@]2(C)CC[C@@H]3c4ccc(O)cc4CC[C@H]3[C@@H]2C1(O)O. The smallest absolute Gasteiger partial charge is 0.171 e.